The van der Waals surface area contributed by atoms with E-state index in [4.69, 9.17) is 0 Å². The van der Waals surface area contributed by atoms with E-state index in [0.717, 1.165) is 12.0 Å². The van der Waals surface area contributed by atoms with E-state index in [9.17, 15) is 9.18 Å². The number of halogens is 1. The van der Waals surface area contributed by atoms with Gasteiger partial charge in [-0.15, -0.1) is 0 Å². The molecular weight excluding hydrogens is 305 g/mol. The van der Waals surface area contributed by atoms with Crippen molar-refractivity contribution >= 4 is 11.6 Å². The van der Waals surface area contributed by atoms with E-state index < -0.39 is 0 Å². The Labute approximate surface area is 139 Å². The van der Waals surface area contributed by atoms with Crippen molar-refractivity contribution < 1.29 is 9.18 Å². The highest BCUT2D eigenvalue weighted by Crippen LogP contribution is 2.12. The molecule has 1 heterocycles. The third kappa shape index (κ3) is 3.87. The molecule has 2 aromatic carbocycles. The lowest BCUT2D eigenvalue weighted by Crippen LogP contribution is -2.11. The molecule has 0 aliphatic heterocycles. The van der Waals surface area contributed by atoms with Crippen molar-refractivity contribution in [1.29, 1.82) is 0 Å². The smallest absolute Gasteiger partial charge is 0.255 e. The Morgan fingerprint density at radius 3 is 2.67 bits per heavy atom. The van der Waals surface area contributed by atoms with E-state index in [2.05, 4.69) is 17.3 Å². The van der Waals surface area contributed by atoms with Crippen LogP contribution in [0.4, 0.5) is 10.1 Å². The van der Waals surface area contributed by atoms with E-state index in [0.29, 0.717) is 17.8 Å². The van der Waals surface area contributed by atoms with E-state index >= 15 is 0 Å². The van der Waals surface area contributed by atoms with Gasteiger partial charge in [-0.2, -0.15) is 5.10 Å². The maximum Gasteiger partial charge on any atom is 0.255 e. The number of hydrogen-bond acceptors (Lipinski definition) is 2. The van der Waals surface area contributed by atoms with Crippen LogP contribution in [0.2, 0.25) is 0 Å². The fourth-order valence-electron chi connectivity index (χ4n) is 2.43. The third-order valence-corrected chi connectivity index (χ3v) is 3.75. The fraction of sp³-hybridized carbons (Fsp3) is 0.158. The van der Waals surface area contributed by atoms with Gasteiger partial charge in [0.2, 0.25) is 0 Å². The molecule has 0 saturated heterocycles. The lowest BCUT2D eigenvalue weighted by atomic mass is 10.1. The maximum absolute atomic E-state index is 13.2. The second kappa shape index (κ2) is 7.08. The molecule has 5 heteroatoms. The van der Waals surface area contributed by atoms with Crippen molar-refractivity contribution in [2.45, 2.75) is 19.9 Å². The zero-order valence-corrected chi connectivity index (χ0v) is 13.4. The van der Waals surface area contributed by atoms with E-state index in [1.165, 1.54) is 17.7 Å². The number of benzene rings is 2. The predicted molar refractivity (Wildman–Crippen MR) is 91.5 cm³/mol. The van der Waals surface area contributed by atoms with E-state index in [-0.39, 0.29) is 11.7 Å². The first kappa shape index (κ1) is 15.9. The summed E-state index contributed by atoms with van der Waals surface area (Å²) in [5, 5.41) is 7.01. The molecular formula is C19H18FN3O. The summed E-state index contributed by atoms with van der Waals surface area (Å²) in [6, 6.07) is 13.9. The fourth-order valence-corrected chi connectivity index (χ4v) is 2.43. The van der Waals surface area contributed by atoms with Crippen LogP contribution in [0, 0.1) is 5.82 Å². The van der Waals surface area contributed by atoms with Crippen molar-refractivity contribution in [2.24, 2.45) is 0 Å². The Bertz CT molecular complexity index is 840. The number of aromatic nitrogens is 2. The van der Waals surface area contributed by atoms with Gasteiger partial charge in [-0.1, -0.05) is 31.2 Å². The minimum Gasteiger partial charge on any atom is -0.319 e. The van der Waals surface area contributed by atoms with Crippen LogP contribution in [-0.2, 0) is 13.0 Å². The lowest BCUT2D eigenvalue weighted by Gasteiger charge is -2.04. The van der Waals surface area contributed by atoms with Crippen molar-refractivity contribution in [3.63, 3.8) is 0 Å². The average molecular weight is 323 g/mol. The minimum absolute atomic E-state index is 0.178. The van der Waals surface area contributed by atoms with Crippen LogP contribution >= 0.6 is 0 Å². The Kier molecular flexibility index (Phi) is 4.70. The molecule has 1 N–H and O–H groups in total. The van der Waals surface area contributed by atoms with Gasteiger partial charge in [0.1, 0.15) is 5.82 Å². The van der Waals surface area contributed by atoms with Gasteiger partial charge in [0.05, 0.1) is 18.4 Å². The van der Waals surface area contributed by atoms with E-state index in [1.54, 1.807) is 23.1 Å². The van der Waals surface area contributed by atoms with Gasteiger partial charge in [-0.25, -0.2) is 4.39 Å². The zero-order chi connectivity index (χ0) is 16.9. The van der Waals surface area contributed by atoms with Gasteiger partial charge < -0.3 is 5.32 Å². The molecule has 1 amide bonds. The standard InChI is InChI=1S/C19H18FN3O/c1-2-14-6-8-16(9-7-14)19(24)22-18-11-21-23(13-18)12-15-4-3-5-17(20)10-15/h3-11,13H,2,12H2,1H3,(H,22,24). The van der Waals surface area contributed by atoms with Crippen LogP contribution in [0.15, 0.2) is 60.9 Å². The molecule has 1 aromatic heterocycles. The summed E-state index contributed by atoms with van der Waals surface area (Å²) < 4.78 is 14.9. The zero-order valence-electron chi connectivity index (χ0n) is 13.4. The Hall–Kier alpha value is -2.95. The maximum atomic E-state index is 13.2. The highest BCUT2D eigenvalue weighted by molar-refractivity contribution is 6.04. The van der Waals surface area contributed by atoms with Gasteiger partial charge >= 0.3 is 0 Å². The number of aryl methyl sites for hydroxylation is 1. The van der Waals surface area contributed by atoms with Crippen molar-refractivity contribution in [2.75, 3.05) is 5.32 Å². The molecule has 24 heavy (non-hydrogen) atoms. The minimum atomic E-state index is -0.274. The first-order valence-corrected chi connectivity index (χ1v) is 7.81. The number of nitrogens with zero attached hydrogens (tertiary/aromatic N) is 2. The van der Waals surface area contributed by atoms with Gasteiger partial charge in [0, 0.05) is 11.8 Å². The number of anilines is 1. The van der Waals surface area contributed by atoms with Gasteiger partial charge in [-0.3, -0.25) is 9.48 Å². The summed E-state index contributed by atoms with van der Waals surface area (Å²) in [6.07, 6.45) is 4.25. The predicted octanol–water partition coefficient (Wildman–Crippen LogP) is 3.89. The summed E-state index contributed by atoms with van der Waals surface area (Å²) in [5.74, 6) is -0.452. The summed E-state index contributed by atoms with van der Waals surface area (Å²) in [7, 11) is 0. The molecule has 0 atom stereocenters. The second-order valence-corrected chi connectivity index (χ2v) is 5.56. The van der Waals surface area contributed by atoms with Gasteiger partial charge in [-0.05, 0) is 41.8 Å². The Morgan fingerprint density at radius 1 is 1.17 bits per heavy atom. The summed E-state index contributed by atoms with van der Waals surface area (Å²) in [6.45, 7) is 2.51. The molecule has 0 aliphatic rings. The number of amides is 1. The highest BCUT2D eigenvalue weighted by atomic mass is 19.1. The topological polar surface area (TPSA) is 46.9 Å². The molecule has 0 fully saturated rings. The first-order chi connectivity index (χ1) is 11.6. The van der Waals surface area contributed by atoms with Crippen LogP contribution in [0.1, 0.15) is 28.4 Å². The van der Waals surface area contributed by atoms with Crippen LogP contribution in [0.3, 0.4) is 0 Å². The SMILES string of the molecule is CCc1ccc(C(=O)Nc2cnn(Cc3cccc(F)c3)c2)cc1. The average Bonchev–Trinajstić information content (AvgIpc) is 3.02. The van der Waals surface area contributed by atoms with Crippen LogP contribution in [0.5, 0.6) is 0 Å². The largest absolute Gasteiger partial charge is 0.319 e. The van der Waals surface area contributed by atoms with Crippen LogP contribution < -0.4 is 5.32 Å². The van der Waals surface area contributed by atoms with Gasteiger partial charge in [0.15, 0.2) is 0 Å². The molecule has 0 unspecified atom stereocenters. The van der Waals surface area contributed by atoms with Crippen molar-refractivity contribution in [3.8, 4) is 0 Å². The third-order valence-electron chi connectivity index (χ3n) is 3.75. The Balaban J connectivity index is 1.65. The molecule has 0 saturated carbocycles. The summed E-state index contributed by atoms with van der Waals surface area (Å²) in [4.78, 5) is 12.2. The monoisotopic (exact) mass is 323 g/mol. The van der Waals surface area contributed by atoms with Crippen molar-refractivity contribution in [3.05, 3.63) is 83.4 Å². The summed E-state index contributed by atoms with van der Waals surface area (Å²) >= 11 is 0. The highest BCUT2D eigenvalue weighted by Gasteiger charge is 2.08. The van der Waals surface area contributed by atoms with Gasteiger partial charge in [0.25, 0.3) is 5.91 Å². The summed E-state index contributed by atoms with van der Waals surface area (Å²) in [5.41, 5.74) is 3.21. The number of rotatable bonds is 5. The number of carbonyl (C=O) groups excluding carboxylic acids is 1. The quantitative estimate of drug-likeness (QED) is 0.774. The molecule has 0 radical (unpaired) electrons. The molecule has 0 bridgehead atoms. The molecule has 3 rings (SSSR count). The van der Waals surface area contributed by atoms with Crippen LogP contribution in [0.25, 0.3) is 0 Å². The lowest BCUT2D eigenvalue weighted by molar-refractivity contribution is 0.102. The first-order valence-electron chi connectivity index (χ1n) is 7.81. The van der Waals surface area contributed by atoms with Crippen LogP contribution in [-0.4, -0.2) is 15.7 Å². The molecule has 0 spiro atoms. The number of carbonyl (C=O) groups is 1. The van der Waals surface area contributed by atoms with E-state index in [1.807, 2.05) is 30.3 Å². The molecule has 0 aliphatic carbocycles. The second-order valence-electron chi connectivity index (χ2n) is 5.56. The number of nitrogens with one attached hydrogen (secondary N) is 1. The molecule has 122 valence electrons. The molecule has 3 aromatic rings. The molecule has 4 nitrogen and oxygen atoms in total. The number of hydrogen-bond donors (Lipinski definition) is 1. The Morgan fingerprint density at radius 2 is 1.96 bits per heavy atom. The normalized spacial score (nSPS) is 10.6. The van der Waals surface area contributed by atoms with Crippen molar-refractivity contribution in [1.82, 2.24) is 9.78 Å².